The highest BCUT2D eigenvalue weighted by Crippen LogP contribution is 2.69. The molecule has 3 saturated heterocycles. The maximum Gasteiger partial charge on any atom is 0.189 e. The highest BCUT2D eigenvalue weighted by Gasteiger charge is 2.78. The Morgan fingerprint density at radius 3 is 2.35 bits per heavy atom. The minimum Gasteiger partial charge on any atom is -0.301 e. The molecule has 0 bridgehead atoms. The summed E-state index contributed by atoms with van der Waals surface area (Å²) in [5.74, 6) is 1.73. The number of fused-ring (bicyclic) bond motifs is 4. The minimum atomic E-state index is -1.06. The van der Waals surface area contributed by atoms with Gasteiger partial charge in [0, 0.05) is 47.8 Å². The second-order valence-corrected chi connectivity index (χ2v) is 12.7. The molecular formula is C35H30N2O2S. The molecule has 1 aliphatic carbocycles. The number of carbonyl (C=O) groups excluding carboxylic acids is 2. The Morgan fingerprint density at radius 2 is 1.57 bits per heavy atom. The summed E-state index contributed by atoms with van der Waals surface area (Å²) in [6.07, 6.45) is 2.06. The van der Waals surface area contributed by atoms with Crippen molar-refractivity contribution in [3.8, 4) is 0 Å². The summed E-state index contributed by atoms with van der Waals surface area (Å²) >= 11 is 1.88. The van der Waals surface area contributed by atoms with Crippen molar-refractivity contribution in [2.45, 2.75) is 17.5 Å². The molecule has 0 unspecified atom stereocenters. The molecule has 0 saturated carbocycles. The Balaban J connectivity index is 1.47. The molecular weight excluding hydrogens is 512 g/mol. The number of rotatable bonds is 2. The van der Waals surface area contributed by atoms with Crippen LogP contribution in [-0.4, -0.2) is 59.2 Å². The normalized spacial score (nSPS) is 30.8. The first-order valence-corrected chi connectivity index (χ1v) is 15.2. The Kier molecular flexibility index (Phi) is 5.31. The average molecular weight is 543 g/mol. The summed E-state index contributed by atoms with van der Waals surface area (Å²) in [5, 5.41) is 2.09. The number of nitrogens with zero attached hydrogens (tertiary/aromatic N) is 2. The molecule has 8 rings (SSSR count). The zero-order chi connectivity index (χ0) is 27.1. The molecule has 0 N–H and O–H groups in total. The van der Waals surface area contributed by atoms with E-state index in [1.807, 2.05) is 60.3 Å². The molecule has 3 fully saturated rings. The van der Waals surface area contributed by atoms with Crippen LogP contribution in [0.2, 0.25) is 0 Å². The van der Waals surface area contributed by atoms with Crippen molar-refractivity contribution in [2.75, 3.05) is 31.8 Å². The first-order valence-electron chi connectivity index (χ1n) is 14.0. The Hall–Kier alpha value is -3.51. The standard InChI is InChI=1S/C35H30N2O2S/c1-36-19-26(18-23-10-4-2-5-11-23)32(38)34(21-36)31(25-12-6-3-7-13-25)29-20-40-22-37(29)35(34)28-17-9-15-24-14-8-16-27(30(24)28)33(35)39/h2-18,29,31H,19-22H2,1H3/b26-18+/t29-,31-,34-,35-/m0/s1. The van der Waals surface area contributed by atoms with E-state index in [-0.39, 0.29) is 23.5 Å². The predicted octanol–water partition coefficient (Wildman–Crippen LogP) is 5.99. The average Bonchev–Trinajstić information content (AvgIpc) is 3.61. The van der Waals surface area contributed by atoms with Crippen molar-refractivity contribution < 1.29 is 9.59 Å². The third kappa shape index (κ3) is 2.95. The van der Waals surface area contributed by atoms with Gasteiger partial charge in [-0.2, -0.15) is 0 Å². The van der Waals surface area contributed by atoms with Crippen molar-refractivity contribution >= 4 is 40.2 Å². The second-order valence-electron chi connectivity index (χ2n) is 11.7. The molecule has 2 spiro atoms. The number of likely N-dealkylation sites (tertiary alicyclic amines) is 1. The Bertz CT molecular complexity index is 1710. The third-order valence-corrected chi connectivity index (χ3v) is 10.8. The lowest BCUT2D eigenvalue weighted by Gasteiger charge is -2.51. The first kappa shape index (κ1) is 24.3. The lowest BCUT2D eigenvalue weighted by molar-refractivity contribution is -0.134. The highest BCUT2D eigenvalue weighted by atomic mass is 32.2. The van der Waals surface area contributed by atoms with E-state index in [9.17, 15) is 0 Å². The van der Waals surface area contributed by atoms with Crippen LogP contribution in [0.25, 0.3) is 16.8 Å². The quantitative estimate of drug-likeness (QED) is 0.291. The summed E-state index contributed by atoms with van der Waals surface area (Å²) in [7, 11) is 2.11. The van der Waals surface area contributed by atoms with Gasteiger partial charge in [0.05, 0.1) is 5.41 Å². The lowest BCUT2D eigenvalue weighted by Crippen LogP contribution is -2.65. The highest BCUT2D eigenvalue weighted by molar-refractivity contribution is 7.99. The number of hydrogen-bond acceptors (Lipinski definition) is 5. The van der Waals surface area contributed by atoms with Crippen LogP contribution in [0.1, 0.15) is 33.0 Å². The van der Waals surface area contributed by atoms with E-state index in [0.717, 1.165) is 50.2 Å². The number of piperidine rings is 1. The second kappa shape index (κ2) is 8.74. The van der Waals surface area contributed by atoms with Crippen LogP contribution in [0.5, 0.6) is 0 Å². The van der Waals surface area contributed by atoms with Gasteiger partial charge in [0.2, 0.25) is 0 Å². The lowest BCUT2D eigenvalue weighted by atomic mass is 9.55. The molecule has 3 heterocycles. The maximum absolute atomic E-state index is 15.4. The summed E-state index contributed by atoms with van der Waals surface area (Å²) in [5.41, 5.74) is 2.68. The molecule has 4 aliphatic rings. The fourth-order valence-corrected chi connectivity index (χ4v) is 9.82. The number of carbonyl (C=O) groups is 2. The van der Waals surface area contributed by atoms with Crippen LogP contribution >= 0.6 is 11.8 Å². The minimum absolute atomic E-state index is 0.0781. The topological polar surface area (TPSA) is 40.6 Å². The van der Waals surface area contributed by atoms with Gasteiger partial charge in [0.15, 0.2) is 11.6 Å². The van der Waals surface area contributed by atoms with Crippen LogP contribution in [0, 0.1) is 5.41 Å². The largest absolute Gasteiger partial charge is 0.301 e. The summed E-state index contributed by atoms with van der Waals surface area (Å²) in [6.45, 7) is 1.10. The molecule has 40 heavy (non-hydrogen) atoms. The van der Waals surface area contributed by atoms with Gasteiger partial charge in [-0.05, 0) is 40.6 Å². The molecule has 4 atom stereocenters. The van der Waals surface area contributed by atoms with E-state index < -0.39 is 11.0 Å². The molecule has 0 aromatic heterocycles. The van der Waals surface area contributed by atoms with E-state index >= 15 is 9.59 Å². The molecule has 0 amide bonds. The number of Topliss-reactive ketones (excluding diaryl/α,β-unsaturated/α-hetero) is 2. The molecule has 5 heteroatoms. The summed E-state index contributed by atoms with van der Waals surface area (Å²) in [6, 6.07) is 33.1. The van der Waals surface area contributed by atoms with Gasteiger partial charge in [-0.15, -0.1) is 11.8 Å². The van der Waals surface area contributed by atoms with Crippen LogP contribution in [0.15, 0.2) is 103 Å². The first-order chi connectivity index (χ1) is 19.6. The van der Waals surface area contributed by atoms with Crippen molar-refractivity contribution in [1.82, 2.24) is 9.80 Å². The van der Waals surface area contributed by atoms with E-state index in [1.54, 1.807) is 0 Å². The van der Waals surface area contributed by atoms with Gasteiger partial charge in [-0.3, -0.25) is 14.5 Å². The van der Waals surface area contributed by atoms with Crippen molar-refractivity contribution in [1.29, 1.82) is 0 Å². The zero-order valence-electron chi connectivity index (χ0n) is 22.4. The van der Waals surface area contributed by atoms with Gasteiger partial charge in [-0.25, -0.2) is 0 Å². The predicted molar refractivity (Wildman–Crippen MR) is 161 cm³/mol. The maximum atomic E-state index is 15.4. The van der Waals surface area contributed by atoms with Gasteiger partial charge in [0.25, 0.3) is 0 Å². The van der Waals surface area contributed by atoms with E-state index in [2.05, 4.69) is 71.5 Å². The molecule has 4 nitrogen and oxygen atoms in total. The number of hydrogen-bond donors (Lipinski definition) is 0. The smallest absolute Gasteiger partial charge is 0.189 e. The molecule has 0 radical (unpaired) electrons. The molecule has 3 aliphatic heterocycles. The van der Waals surface area contributed by atoms with Gasteiger partial charge in [0.1, 0.15) is 5.54 Å². The molecule has 4 aromatic rings. The number of ketones is 2. The Labute approximate surface area is 238 Å². The fraction of sp³-hybridized carbons (Fsp3) is 0.257. The van der Waals surface area contributed by atoms with Crippen LogP contribution in [0.3, 0.4) is 0 Å². The Morgan fingerprint density at radius 1 is 0.850 bits per heavy atom. The van der Waals surface area contributed by atoms with Gasteiger partial charge < -0.3 is 4.90 Å². The summed E-state index contributed by atoms with van der Waals surface area (Å²) < 4.78 is 0. The summed E-state index contributed by atoms with van der Waals surface area (Å²) in [4.78, 5) is 35.3. The van der Waals surface area contributed by atoms with E-state index in [1.165, 1.54) is 0 Å². The fourth-order valence-electron chi connectivity index (χ4n) is 8.52. The monoisotopic (exact) mass is 542 g/mol. The van der Waals surface area contributed by atoms with Crippen molar-refractivity contribution in [3.05, 3.63) is 125 Å². The van der Waals surface area contributed by atoms with E-state index in [0.29, 0.717) is 13.1 Å². The van der Waals surface area contributed by atoms with Crippen molar-refractivity contribution in [3.63, 3.8) is 0 Å². The van der Waals surface area contributed by atoms with Gasteiger partial charge in [-0.1, -0.05) is 97.1 Å². The molecule has 4 aromatic carbocycles. The number of likely N-dealkylation sites (N-methyl/N-ethyl adjacent to an activating group) is 1. The van der Waals surface area contributed by atoms with Gasteiger partial charge >= 0.3 is 0 Å². The van der Waals surface area contributed by atoms with Crippen LogP contribution < -0.4 is 0 Å². The third-order valence-electron chi connectivity index (χ3n) is 9.73. The zero-order valence-corrected chi connectivity index (χ0v) is 23.2. The number of thioether (sulfide) groups is 1. The van der Waals surface area contributed by atoms with Crippen LogP contribution in [-0.2, 0) is 10.3 Å². The van der Waals surface area contributed by atoms with Crippen LogP contribution in [0.4, 0.5) is 0 Å². The molecule has 198 valence electrons. The SMILES string of the molecule is CN1C/C(=C\c2ccccc2)C(=O)[C@]2(C1)[C@@H](c1ccccc1)[C@@H]1CSCN1[C@@]21C(=O)c2cccc3cccc1c23. The van der Waals surface area contributed by atoms with Crippen molar-refractivity contribution in [2.24, 2.45) is 5.41 Å². The van der Waals surface area contributed by atoms with E-state index in [4.69, 9.17) is 0 Å². The number of benzene rings is 4.